The number of nitrogens with zero attached hydrogens (tertiary/aromatic N) is 2. The molecule has 1 unspecified atom stereocenters. The highest BCUT2D eigenvalue weighted by Gasteiger charge is 2.16. The number of carbonyl (C=O) groups is 1. The monoisotopic (exact) mass is 329 g/mol. The molecule has 1 N–H and O–H groups in total. The van der Waals surface area contributed by atoms with Crippen LogP contribution < -0.4 is 5.32 Å². The molecule has 0 saturated carbocycles. The van der Waals surface area contributed by atoms with Gasteiger partial charge in [-0.3, -0.25) is 4.79 Å². The quantitative estimate of drug-likeness (QED) is 0.790. The minimum atomic E-state index is -0.108. The average molecular weight is 329 g/mol. The highest BCUT2D eigenvalue weighted by Crippen LogP contribution is 2.16. The SMILES string of the molecule is Cc1ccc(-n2ccnc2)c(C(=O)NCCOCC2CCCO2)c1. The molecular weight excluding hydrogens is 306 g/mol. The maximum Gasteiger partial charge on any atom is 0.253 e. The Hall–Kier alpha value is -2.18. The molecule has 6 heteroatoms. The van der Waals surface area contributed by atoms with Crippen molar-refractivity contribution in [3.8, 4) is 5.69 Å². The maximum absolute atomic E-state index is 12.5. The molecule has 1 amide bonds. The van der Waals surface area contributed by atoms with Crippen molar-refractivity contribution in [3.63, 3.8) is 0 Å². The third-order valence-electron chi connectivity index (χ3n) is 4.04. The lowest BCUT2D eigenvalue weighted by molar-refractivity contribution is 0.0183. The molecule has 0 radical (unpaired) electrons. The summed E-state index contributed by atoms with van der Waals surface area (Å²) in [4.78, 5) is 16.6. The van der Waals surface area contributed by atoms with Gasteiger partial charge in [-0.15, -0.1) is 0 Å². The Balaban J connectivity index is 1.53. The van der Waals surface area contributed by atoms with Gasteiger partial charge in [-0.2, -0.15) is 0 Å². The number of aryl methyl sites for hydroxylation is 1. The zero-order valence-electron chi connectivity index (χ0n) is 13.9. The number of ether oxygens (including phenoxy) is 2. The van der Waals surface area contributed by atoms with Gasteiger partial charge in [-0.05, 0) is 31.9 Å². The normalized spacial score (nSPS) is 17.1. The molecule has 24 heavy (non-hydrogen) atoms. The Labute approximate surface area is 141 Å². The summed E-state index contributed by atoms with van der Waals surface area (Å²) in [6.07, 6.45) is 7.59. The Kier molecular flexibility index (Phi) is 5.61. The second kappa shape index (κ2) is 8.08. The number of imidazole rings is 1. The molecule has 0 spiro atoms. The van der Waals surface area contributed by atoms with E-state index in [1.807, 2.05) is 35.9 Å². The standard InChI is InChI=1S/C18H23N3O3/c1-14-4-5-17(21-8-6-19-13-21)16(11-14)18(22)20-7-10-23-12-15-3-2-9-24-15/h4-6,8,11,13,15H,2-3,7,9-10,12H2,1H3,(H,20,22). The van der Waals surface area contributed by atoms with Crippen molar-refractivity contribution in [1.82, 2.24) is 14.9 Å². The van der Waals surface area contributed by atoms with Gasteiger partial charge in [0.05, 0.1) is 36.9 Å². The van der Waals surface area contributed by atoms with Gasteiger partial charge < -0.3 is 19.4 Å². The van der Waals surface area contributed by atoms with E-state index in [0.29, 0.717) is 25.3 Å². The van der Waals surface area contributed by atoms with Crippen LogP contribution in [-0.2, 0) is 9.47 Å². The summed E-state index contributed by atoms with van der Waals surface area (Å²) >= 11 is 0. The fourth-order valence-corrected chi connectivity index (χ4v) is 2.78. The Morgan fingerprint density at radius 3 is 3.17 bits per heavy atom. The minimum Gasteiger partial charge on any atom is -0.377 e. The molecule has 0 aliphatic carbocycles. The van der Waals surface area contributed by atoms with E-state index in [1.54, 1.807) is 12.5 Å². The van der Waals surface area contributed by atoms with Crippen LogP contribution in [0.1, 0.15) is 28.8 Å². The molecule has 3 rings (SSSR count). The molecule has 1 saturated heterocycles. The number of nitrogens with one attached hydrogen (secondary N) is 1. The van der Waals surface area contributed by atoms with Crippen molar-refractivity contribution in [1.29, 1.82) is 0 Å². The summed E-state index contributed by atoms with van der Waals surface area (Å²) in [6, 6.07) is 5.80. The lowest BCUT2D eigenvalue weighted by atomic mass is 10.1. The van der Waals surface area contributed by atoms with Crippen LogP contribution in [0.4, 0.5) is 0 Å². The summed E-state index contributed by atoms with van der Waals surface area (Å²) in [5, 5.41) is 2.92. The first kappa shape index (κ1) is 16.7. The minimum absolute atomic E-state index is 0.108. The molecule has 1 atom stereocenters. The van der Waals surface area contributed by atoms with Crippen molar-refractivity contribution in [3.05, 3.63) is 48.0 Å². The molecule has 1 aliphatic heterocycles. The summed E-state index contributed by atoms with van der Waals surface area (Å²) < 4.78 is 12.9. The van der Waals surface area contributed by atoms with E-state index in [4.69, 9.17) is 9.47 Å². The van der Waals surface area contributed by atoms with Crippen molar-refractivity contribution >= 4 is 5.91 Å². The van der Waals surface area contributed by atoms with Crippen LogP contribution in [0.3, 0.4) is 0 Å². The molecule has 2 heterocycles. The van der Waals surface area contributed by atoms with E-state index in [9.17, 15) is 4.79 Å². The number of hydrogen-bond donors (Lipinski definition) is 1. The summed E-state index contributed by atoms with van der Waals surface area (Å²) in [5.74, 6) is -0.108. The van der Waals surface area contributed by atoms with E-state index >= 15 is 0 Å². The van der Waals surface area contributed by atoms with Gasteiger partial charge >= 0.3 is 0 Å². The number of carbonyl (C=O) groups excluding carboxylic acids is 1. The molecular formula is C18H23N3O3. The fourth-order valence-electron chi connectivity index (χ4n) is 2.78. The first-order chi connectivity index (χ1) is 11.7. The van der Waals surface area contributed by atoms with E-state index in [-0.39, 0.29) is 12.0 Å². The van der Waals surface area contributed by atoms with Crippen LogP contribution in [0, 0.1) is 6.92 Å². The zero-order valence-corrected chi connectivity index (χ0v) is 13.9. The Bertz CT molecular complexity index is 664. The van der Waals surface area contributed by atoms with Gasteiger partial charge in [0.15, 0.2) is 0 Å². The van der Waals surface area contributed by atoms with E-state index in [2.05, 4.69) is 10.3 Å². The number of hydrogen-bond acceptors (Lipinski definition) is 4. The third kappa shape index (κ3) is 4.21. The van der Waals surface area contributed by atoms with Crippen molar-refractivity contribution in [2.75, 3.05) is 26.4 Å². The maximum atomic E-state index is 12.5. The topological polar surface area (TPSA) is 65.4 Å². The molecule has 1 aromatic carbocycles. The Morgan fingerprint density at radius 2 is 2.42 bits per heavy atom. The number of aromatic nitrogens is 2. The van der Waals surface area contributed by atoms with Crippen LogP contribution in [0.2, 0.25) is 0 Å². The van der Waals surface area contributed by atoms with Gasteiger partial charge in [0, 0.05) is 25.5 Å². The predicted octanol–water partition coefficient (Wildman–Crippen LogP) is 2.11. The second-order valence-electron chi connectivity index (χ2n) is 5.96. The average Bonchev–Trinajstić information content (AvgIpc) is 3.28. The molecule has 1 aromatic heterocycles. The van der Waals surface area contributed by atoms with Gasteiger partial charge in [-0.25, -0.2) is 4.98 Å². The van der Waals surface area contributed by atoms with Crippen LogP contribution in [0.25, 0.3) is 5.69 Å². The first-order valence-electron chi connectivity index (χ1n) is 8.30. The molecule has 1 aliphatic rings. The van der Waals surface area contributed by atoms with Crippen molar-refractivity contribution in [2.24, 2.45) is 0 Å². The molecule has 0 bridgehead atoms. The van der Waals surface area contributed by atoms with Gasteiger partial charge in [0.25, 0.3) is 5.91 Å². The highest BCUT2D eigenvalue weighted by atomic mass is 16.5. The second-order valence-corrected chi connectivity index (χ2v) is 5.96. The van der Waals surface area contributed by atoms with Crippen LogP contribution >= 0.6 is 0 Å². The number of rotatable bonds is 7. The third-order valence-corrected chi connectivity index (χ3v) is 4.04. The summed E-state index contributed by atoms with van der Waals surface area (Å²) in [6.45, 7) is 4.36. The van der Waals surface area contributed by atoms with Crippen molar-refractivity contribution in [2.45, 2.75) is 25.9 Å². The summed E-state index contributed by atoms with van der Waals surface area (Å²) in [7, 11) is 0. The molecule has 128 valence electrons. The van der Waals surface area contributed by atoms with Crippen molar-refractivity contribution < 1.29 is 14.3 Å². The van der Waals surface area contributed by atoms with E-state index in [0.717, 1.165) is 30.7 Å². The highest BCUT2D eigenvalue weighted by molar-refractivity contribution is 5.98. The van der Waals surface area contributed by atoms with Gasteiger partial charge in [-0.1, -0.05) is 11.6 Å². The van der Waals surface area contributed by atoms with Crippen LogP contribution in [0.5, 0.6) is 0 Å². The van der Waals surface area contributed by atoms with Crippen LogP contribution in [0.15, 0.2) is 36.9 Å². The number of benzene rings is 1. The Morgan fingerprint density at radius 1 is 1.50 bits per heavy atom. The lowest BCUT2D eigenvalue weighted by Gasteiger charge is -2.13. The smallest absolute Gasteiger partial charge is 0.253 e. The van der Waals surface area contributed by atoms with Crippen LogP contribution in [-0.4, -0.2) is 47.9 Å². The van der Waals surface area contributed by atoms with E-state index < -0.39 is 0 Å². The van der Waals surface area contributed by atoms with E-state index in [1.165, 1.54) is 0 Å². The largest absolute Gasteiger partial charge is 0.377 e. The molecule has 6 nitrogen and oxygen atoms in total. The van der Waals surface area contributed by atoms with Gasteiger partial charge in [0.2, 0.25) is 0 Å². The summed E-state index contributed by atoms with van der Waals surface area (Å²) in [5.41, 5.74) is 2.49. The lowest BCUT2D eigenvalue weighted by Crippen LogP contribution is -2.29. The van der Waals surface area contributed by atoms with Gasteiger partial charge in [0.1, 0.15) is 0 Å². The molecule has 2 aromatic rings. The zero-order chi connectivity index (χ0) is 16.8. The predicted molar refractivity (Wildman–Crippen MR) is 90.4 cm³/mol. The first-order valence-corrected chi connectivity index (χ1v) is 8.30. The fraction of sp³-hybridized carbons (Fsp3) is 0.444. The molecule has 1 fully saturated rings. The number of amides is 1.